The molecule has 108 valence electrons. The van der Waals surface area contributed by atoms with Crippen LogP contribution in [0.25, 0.3) is 0 Å². The van der Waals surface area contributed by atoms with Crippen LogP contribution in [0.3, 0.4) is 0 Å². The predicted octanol–water partition coefficient (Wildman–Crippen LogP) is 2.76. The highest BCUT2D eigenvalue weighted by molar-refractivity contribution is 7.91. The molecule has 3 nitrogen and oxygen atoms in total. The lowest BCUT2D eigenvalue weighted by Gasteiger charge is -2.28. The monoisotopic (exact) mass is 275 g/mol. The topological polar surface area (TPSA) is 46.2 Å². The zero-order valence-corrected chi connectivity index (χ0v) is 12.9. The molecule has 0 aliphatic heterocycles. The van der Waals surface area contributed by atoms with Crippen LogP contribution < -0.4 is 5.32 Å². The molecule has 1 N–H and O–H groups in total. The lowest BCUT2D eigenvalue weighted by atomic mass is 9.95. The van der Waals surface area contributed by atoms with E-state index in [0.29, 0.717) is 6.04 Å². The van der Waals surface area contributed by atoms with Gasteiger partial charge in [0.05, 0.1) is 5.25 Å². The Balaban J connectivity index is 2.19. The van der Waals surface area contributed by atoms with Crippen molar-refractivity contribution in [3.63, 3.8) is 0 Å². The maximum absolute atomic E-state index is 11.6. The van der Waals surface area contributed by atoms with Crippen molar-refractivity contribution in [1.29, 1.82) is 0 Å². The molecule has 0 saturated heterocycles. The van der Waals surface area contributed by atoms with Crippen molar-refractivity contribution in [2.24, 2.45) is 5.92 Å². The molecule has 1 rings (SSSR count). The van der Waals surface area contributed by atoms with E-state index in [1.807, 2.05) is 0 Å². The Morgan fingerprint density at radius 2 is 1.94 bits per heavy atom. The molecular weight excluding hydrogens is 246 g/mol. The summed E-state index contributed by atoms with van der Waals surface area (Å²) >= 11 is 0. The molecule has 0 heterocycles. The second-order valence-corrected chi connectivity index (χ2v) is 8.48. The van der Waals surface area contributed by atoms with Crippen molar-refractivity contribution in [1.82, 2.24) is 5.32 Å². The largest absolute Gasteiger partial charge is 0.314 e. The highest BCUT2D eigenvalue weighted by Crippen LogP contribution is 2.23. The van der Waals surface area contributed by atoms with Crippen LogP contribution in [0.4, 0.5) is 0 Å². The summed E-state index contributed by atoms with van der Waals surface area (Å²) in [6, 6.07) is 0.414. The molecule has 2 unspecified atom stereocenters. The molecule has 2 atom stereocenters. The first kappa shape index (κ1) is 16.0. The van der Waals surface area contributed by atoms with Gasteiger partial charge in [0.2, 0.25) is 0 Å². The number of rotatable bonds is 7. The maximum Gasteiger partial charge on any atom is 0.150 e. The number of sulfone groups is 1. The standard InChI is InChI=1S/C14H29NO2S/c1-12(2)7-4-5-10-15-13-8-6-9-14(11-13)18(3,16)17/h12-15H,4-11H2,1-3H3. The number of unbranched alkanes of at least 4 members (excludes halogenated alkanes) is 1. The Bertz CT molecular complexity index is 325. The summed E-state index contributed by atoms with van der Waals surface area (Å²) in [5.41, 5.74) is 0. The molecule has 0 aromatic heterocycles. The fourth-order valence-electron chi connectivity index (χ4n) is 2.70. The van der Waals surface area contributed by atoms with Crippen LogP contribution in [-0.2, 0) is 9.84 Å². The Morgan fingerprint density at radius 3 is 2.56 bits per heavy atom. The summed E-state index contributed by atoms with van der Waals surface area (Å²) in [7, 11) is -2.85. The predicted molar refractivity (Wildman–Crippen MR) is 77.6 cm³/mol. The normalized spacial score (nSPS) is 25.6. The van der Waals surface area contributed by atoms with Crippen LogP contribution in [0.1, 0.15) is 58.8 Å². The quantitative estimate of drug-likeness (QED) is 0.727. The van der Waals surface area contributed by atoms with Crippen molar-refractivity contribution < 1.29 is 8.42 Å². The molecule has 4 heteroatoms. The zero-order chi connectivity index (χ0) is 13.6. The molecule has 0 aromatic carbocycles. The van der Waals surface area contributed by atoms with Gasteiger partial charge < -0.3 is 5.32 Å². The second-order valence-electron chi connectivity index (χ2n) is 6.16. The molecule has 1 saturated carbocycles. The van der Waals surface area contributed by atoms with Gasteiger partial charge in [-0.05, 0) is 38.1 Å². The van der Waals surface area contributed by atoms with Gasteiger partial charge in [0.15, 0.2) is 0 Å². The van der Waals surface area contributed by atoms with E-state index in [9.17, 15) is 8.42 Å². The van der Waals surface area contributed by atoms with E-state index in [2.05, 4.69) is 19.2 Å². The molecule has 1 aliphatic rings. The zero-order valence-electron chi connectivity index (χ0n) is 12.1. The minimum Gasteiger partial charge on any atom is -0.314 e. The highest BCUT2D eigenvalue weighted by Gasteiger charge is 2.28. The van der Waals surface area contributed by atoms with E-state index in [1.54, 1.807) is 0 Å². The molecule has 18 heavy (non-hydrogen) atoms. The smallest absolute Gasteiger partial charge is 0.150 e. The van der Waals surface area contributed by atoms with Crippen LogP contribution in [0, 0.1) is 5.92 Å². The maximum atomic E-state index is 11.6. The van der Waals surface area contributed by atoms with Gasteiger partial charge in [-0.25, -0.2) is 8.42 Å². The molecular formula is C14H29NO2S. The third-order valence-corrected chi connectivity index (χ3v) is 5.51. The number of hydrogen-bond acceptors (Lipinski definition) is 3. The van der Waals surface area contributed by atoms with Crippen molar-refractivity contribution >= 4 is 9.84 Å². The first-order valence-corrected chi connectivity index (χ1v) is 9.27. The Morgan fingerprint density at radius 1 is 1.22 bits per heavy atom. The van der Waals surface area contributed by atoms with Gasteiger partial charge in [0.25, 0.3) is 0 Å². The molecule has 1 aliphatic carbocycles. The van der Waals surface area contributed by atoms with Crippen LogP contribution in [0.15, 0.2) is 0 Å². The van der Waals surface area contributed by atoms with E-state index in [-0.39, 0.29) is 5.25 Å². The lowest BCUT2D eigenvalue weighted by Crippen LogP contribution is -2.39. The average molecular weight is 275 g/mol. The van der Waals surface area contributed by atoms with Crippen LogP contribution >= 0.6 is 0 Å². The first-order valence-electron chi connectivity index (χ1n) is 7.32. The van der Waals surface area contributed by atoms with E-state index >= 15 is 0 Å². The highest BCUT2D eigenvalue weighted by atomic mass is 32.2. The summed E-state index contributed by atoms with van der Waals surface area (Å²) < 4.78 is 23.1. The van der Waals surface area contributed by atoms with Crippen molar-refractivity contribution in [3.8, 4) is 0 Å². The minimum atomic E-state index is -2.85. The van der Waals surface area contributed by atoms with Gasteiger partial charge in [-0.3, -0.25) is 0 Å². The van der Waals surface area contributed by atoms with Crippen molar-refractivity contribution in [2.45, 2.75) is 70.1 Å². The molecule has 0 aromatic rings. The summed E-state index contributed by atoms with van der Waals surface area (Å²) in [4.78, 5) is 0. The van der Waals surface area contributed by atoms with Crippen molar-refractivity contribution in [2.75, 3.05) is 12.8 Å². The van der Waals surface area contributed by atoms with E-state index in [1.165, 1.54) is 25.5 Å². The van der Waals surface area contributed by atoms with Gasteiger partial charge in [0.1, 0.15) is 9.84 Å². The SMILES string of the molecule is CC(C)CCCCNC1CCCC(S(C)(=O)=O)C1. The Hall–Kier alpha value is -0.0900. The molecule has 0 radical (unpaired) electrons. The van der Waals surface area contributed by atoms with Crippen LogP contribution in [0.5, 0.6) is 0 Å². The van der Waals surface area contributed by atoms with Crippen molar-refractivity contribution in [3.05, 3.63) is 0 Å². The summed E-state index contributed by atoms with van der Waals surface area (Å²) in [6.07, 6.45) is 8.98. The van der Waals surface area contributed by atoms with Gasteiger partial charge in [-0.1, -0.05) is 33.1 Å². The number of nitrogens with one attached hydrogen (secondary N) is 1. The van der Waals surface area contributed by atoms with E-state index in [4.69, 9.17) is 0 Å². The summed E-state index contributed by atoms with van der Waals surface area (Å²) in [6.45, 7) is 5.55. The third-order valence-electron chi connectivity index (χ3n) is 3.87. The van der Waals surface area contributed by atoms with E-state index < -0.39 is 9.84 Å². The second kappa shape index (κ2) is 7.49. The lowest BCUT2D eigenvalue weighted by molar-refractivity contribution is 0.367. The fourth-order valence-corrected chi connectivity index (χ4v) is 3.88. The van der Waals surface area contributed by atoms with Gasteiger partial charge in [-0.2, -0.15) is 0 Å². The third kappa shape index (κ3) is 6.19. The molecule has 1 fully saturated rings. The Kier molecular flexibility index (Phi) is 6.64. The fraction of sp³-hybridized carbons (Fsp3) is 1.00. The Labute approximate surface area is 113 Å². The van der Waals surface area contributed by atoms with Gasteiger partial charge >= 0.3 is 0 Å². The number of hydrogen-bond donors (Lipinski definition) is 1. The molecule has 0 amide bonds. The van der Waals surface area contributed by atoms with Gasteiger partial charge in [-0.15, -0.1) is 0 Å². The summed E-state index contributed by atoms with van der Waals surface area (Å²) in [5.74, 6) is 0.786. The summed E-state index contributed by atoms with van der Waals surface area (Å²) in [5, 5.41) is 3.42. The molecule has 0 bridgehead atoms. The van der Waals surface area contributed by atoms with Crippen LogP contribution in [-0.4, -0.2) is 32.5 Å². The minimum absolute atomic E-state index is 0.112. The van der Waals surface area contributed by atoms with Gasteiger partial charge in [0, 0.05) is 12.3 Å². The van der Waals surface area contributed by atoms with E-state index in [0.717, 1.165) is 38.1 Å². The first-order chi connectivity index (χ1) is 8.39. The molecule has 0 spiro atoms. The van der Waals surface area contributed by atoms with Crippen LogP contribution in [0.2, 0.25) is 0 Å². The average Bonchev–Trinajstić information content (AvgIpc) is 2.27.